The normalized spacial score (nSPS) is 19.1. The van der Waals surface area contributed by atoms with Crippen molar-refractivity contribution in [2.24, 2.45) is 17.4 Å². The summed E-state index contributed by atoms with van der Waals surface area (Å²) in [5.41, 5.74) is 24.4. The van der Waals surface area contributed by atoms with Gasteiger partial charge in [0, 0.05) is 107 Å². The molecule has 0 unspecified atom stereocenters. The van der Waals surface area contributed by atoms with Crippen LogP contribution in [0.3, 0.4) is 0 Å². The zero-order chi connectivity index (χ0) is 47.0. The molecule has 4 aromatic heterocycles. The van der Waals surface area contributed by atoms with Gasteiger partial charge in [0.05, 0.1) is 12.4 Å². The van der Waals surface area contributed by atoms with E-state index in [1.165, 1.54) is 43.6 Å². The number of rotatable bonds is 8. The Bertz CT molecular complexity index is 3450. The standard InChI is InChI=1S/C29H25N5O.C28H24N6O/c30-28(35)26-12-11-25(23-3-1-2-4-24(23)26)27-15-32-34-17-20(14-31-29(27)34)19-6-9-21(10-7-19)33-16-18-5-8-22(33)13-18;29-27(35)25-10-9-24(22-3-1-2-4-23(22)25)26-14-32-34-15-18(12-31-28(26)34)17-5-7-20(8-6-17)33-16-19-11-21(33)13-30-19/h1-4,6-7,9-12,14-15,17-18,22H,5,8,13,16H2,(H2,30,35);1-10,12,14-15,19,21,30H,11,13,16H2,(H2,29,35)/t18-,22+;19-,21-/m00/s1. The van der Waals surface area contributed by atoms with E-state index in [1.807, 2.05) is 107 Å². The highest BCUT2D eigenvalue weighted by Gasteiger charge is 2.38. The summed E-state index contributed by atoms with van der Waals surface area (Å²) in [5, 5.41) is 16.3. The van der Waals surface area contributed by atoms with Gasteiger partial charge in [0.15, 0.2) is 11.3 Å². The molecule has 4 bridgehead atoms. The van der Waals surface area contributed by atoms with Crippen LogP contribution in [-0.4, -0.2) is 78.8 Å². The van der Waals surface area contributed by atoms with Crippen molar-refractivity contribution in [2.45, 2.75) is 43.8 Å². The topological polar surface area (TPSA) is 165 Å². The summed E-state index contributed by atoms with van der Waals surface area (Å²) < 4.78 is 3.65. The number of hydrogen-bond donors (Lipinski definition) is 3. The third-order valence-corrected chi connectivity index (χ3v) is 15.2. The second-order valence-electron chi connectivity index (χ2n) is 19.2. The molecule has 4 aliphatic rings. The molecule has 7 heterocycles. The van der Waals surface area contributed by atoms with Crippen LogP contribution in [0.15, 0.2) is 159 Å². The number of carbonyl (C=O) groups excluding carboxylic acids is 2. The van der Waals surface area contributed by atoms with Gasteiger partial charge >= 0.3 is 0 Å². The van der Waals surface area contributed by atoms with Crippen molar-refractivity contribution in [3.05, 3.63) is 170 Å². The van der Waals surface area contributed by atoms with E-state index in [-0.39, 0.29) is 0 Å². The van der Waals surface area contributed by atoms with Crippen LogP contribution in [-0.2, 0) is 0 Å². The molecule has 14 rings (SSSR count). The molecular weight excluding hydrogens is 871 g/mol. The van der Waals surface area contributed by atoms with Gasteiger partial charge in [-0.3, -0.25) is 9.59 Å². The molecule has 10 aromatic rings. The summed E-state index contributed by atoms with van der Waals surface area (Å²) in [6.07, 6.45) is 16.8. The Kier molecular flexibility index (Phi) is 9.94. The number of anilines is 2. The fourth-order valence-corrected chi connectivity index (χ4v) is 11.7. The maximum absolute atomic E-state index is 11.9. The van der Waals surface area contributed by atoms with Gasteiger partial charge in [0.2, 0.25) is 11.8 Å². The van der Waals surface area contributed by atoms with Crippen molar-refractivity contribution in [1.29, 1.82) is 0 Å². The lowest BCUT2D eigenvalue weighted by atomic mass is 9.96. The number of benzene rings is 6. The molecule has 4 atom stereocenters. The van der Waals surface area contributed by atoms with Crippen molar-refractivity contribution in [2.75, 3.05) is 29.4 Å². The molecular formula is C57H49N11O2. The Morgan fingerprint density at radius 2 is 1.00 bits per heavy atom. The first-order valence-corrected chi connectivity index (χ1v) is 24.1. The number of fused-ring (bicyclic) bond motifs is 8. The molecule has 0 radical (unpaired) electrons. The summed E-state index contributed by atoms with van der Waals surface area (Å²) >= 11 is 0. The van der Waals surface area contributed by atoms with Gasteiger partial charge in [-0.15, -0.1) is 0 Å². The van der Waals surface area contributed by atoms with E-state index in [0.717, 1.165) is 102 Å². The number of nitrogens with two attached hydrogens (primary N) is 2. The van der Waals surface area contributed by atoms with E-state index in [4.69, 9.17) is 21.4 Å². The number of primary amides is 2. The van der Waals surface area contributed by atoms with Gasteiger partial charge in [-0.2, -0.15) is 10.2 Å². The lowest BCUT2D eigenvalue weighted by molar-refractivity contribution is 0.0993. The Morgan fingerprint density at radius 3 is 1.43 bits per heavy atom. The van der Waals surface area contributed by atoms with Crippen LogP contribution in [0.25, 0.3) is 77.3 Å². The van der Waals surface area contributed by atoms with Gasteiger partial charge in [-0.1, -0.05) is 84.9 Å². The van der Waals surface area contributed by atoms with Gasteiger partial charge in [-0.05, 0) is 112 Å². The number of hydrogen-bond acceptors (Lipinski definition) is 9. The van der Waals surface area contributed by atoms with Gasteiger partial charge in [-0.25, -0.2) is 19.0 Å². The van der Waals surface area contributed by atoms with Crippen LogP contribution in [0.5, 0.6) is 0 Å². The Balaban J connectivity index is 0.000000137. The van der Waals surface area contributed by atoms with E-state index in [0.29, 0.717) is 23.2 Å². The predicted molar refractivity (Wildman–Crippen MR) is 276 cm³/mol. The Morgan fingerprint density at radius 1 is 0.500 bits per heavy atom. The fraction of sp³-hybridized carbons (Fsp3) is 0.193. The van der Waals surface area contributed by atoms with Crippen molar-refractivity contribution < 1.29 is 9.59 Å². The minimum Gasteiger partial charge on any atom is -0.368 e. The van der Waals surface area contributed by atoms with Crippen molar-refractivity contribution in [1.82, 2.24) is 34.5 Å². The lowest BCUT2D eigenvalue weighted by Crippen LogP contribution is -2.43. The molecule has 1 aliphatic carbocycles. The Labute approximate surface area is 403 Å². The lowest BCUT2D eigenvalue weighted by Gasteiger charge is -2.29. The molecule has 3 aliphatic heterocycles. The molecule has 6 aromatic carbocycles. The summed E-state index contributed by atoms with van der Waals surface area (Å²) in [6.45, 7) is 3.36. The SMILES string of the molecule is NC(=O)c1ccc(-c2cnn3cc(-c4ccc(N5C[C@@H]6C[C@H]5CN6)cc4)cnc23)c2ccccc12.NC(=O)c1ccc(-c2cnn3cc(-c4ccc(N5C[C@H]6CC[C@@H]5C6)cc4)cnc23)c2ccccc12. The molecule has 5 N–H and O–H groups in total. The molecule has 1 saturated carbocycles. The zero-order valence-electron chi connectivity index (χ0n) is 38.3. The van der Waals surface area contributed by atoms with E-state index >= 15 is 0 Å². The van der Waals surface area contributed by atoms with E-state index in [1.54, 1.807) is 12.1 Å². The minimum atomic E-state index is -0.435. The maximum atomic E-state index is 11.9. The van der Waals surface area contributed by atoms with Crippen LogP contribution in [0.2, 0.25) is 0 Å². The molecule has 13 nitrogen and oxygen atoms in total. The summed E-state index contributed by atoms with van der Waals surface area (Å²) in [5.74, 6) is 0.0124. The molecule has 3 saturated heterocycles. The molecule has 0 spiro atoms. The average molecular weight is 920 g/mol. The molecule has 2 amide bonds. The first-order valence-electron chi connectivity index (χ1n) is 24.1. The number of amides is 2. The molecule has 344 valence electrons. The van der Waals surface area contributed by atoms with Crippen LogP contribution in [0.4, 0.5) is 11.4 Å². The summed E-state index contributed by atoms with van der Waals surface area (Å²) in [4.78, 5) is 38.5. The monoisotopic (exact) mass is 919 g/mol. The highest BCUT2D eigenvalue weighted by molar-refractivity contribution is 6.12. The quantitative estimate of drug-likeness (QED) is 0.135. The highest BCUT2D eigenvalue weighted by Crippen LogP contribution is 2.41. The third kappa shape index (κ3) is 7.11. The number of carbonyl (C=O) groups is 2. The van der Waals surface area contributed by atoms with Gasteiger partial charge < -0.3 is 26.6 Å². The third-order valence-electron chi connectivity index (χ3n) is 15.2. The largest absolute Gasteiger partial charge is 0.368 e. The zero-order valence-corrected chi connectivity index (χ0v) is 38.3. The molecule has 13 heteroatoms. The predicted octanol–water partition coefficient (Wildman–Crippen LogP) is 9.17. The smallest absolute Gasteiger partial charge is 0.249 e. The second-order valence-corrected chi connectivity index (χ2v) is 19.2. The van der Waals surface area contributed by atoms with E-state index in [2.05, 4.69) is 73.8 Å². The van der Waals surface area contributed by atoms with Crippen molar-refractivity contribution in [3.8, 4) is 44.5 Å². The first-order chi connectivity index (χ1) is 34.3. The van der Waals surface area contributed by atoms with Crippen LogP contribution >= 0.6 is 0 Å². The number of nitrogens with one attached hydrogen (secondary N) is 1. The fourth-order valence-electron chi connectivity index (χ4n) is 11.7. The van der Waals surface area contributed by atoms with Gasteiger partial charge in [0.25, 0.3) is 0 Å². The van der Waals surface area contributed by atoms with Crippen LogP contribution in [0.1, 0.15) is 46.4 Å². The number of piperidine rings is 1. The minimum absolute atomic E-state index is 0.432. The number of nitrogens with zero attached hydrogens (tertiary/aromatic N) is 8. The van der Waals surface area contributed by atoms with Crippen molar-refractivity contribution >= 4 is 56.0 Å². The number of aromatic nitrogens is 6. The van der Waals surface area contributed by atoms with E-state index in [9.17, 15) is 9.59 Å². The van der Waals surface area contributed by atoms with Gasteiger partial charge in [0.1, 0.15) is 0 Å². The summed E-state index contributed by atoms with van der Waals surface area (Å²) in [6, 6.07) is 42.6. The van der Waals surface area contributed by atoms with Crippen LogP contribution < -0.4 is 26.6 Å². The number of piperazine rings is 1. The average Bonchev–Trinajstić information content (AvgIpc) is 4.30. The second kappa shape index (κ2) is 16.7. The van der Waals surface area contributed by atoms with Crippen LogP contribution in [0, 0.1) is 5.92 Å². The maximum Gasteiger partial charge on any atom is 0.249 e. The first kappa shape index (κ1) is 41.7. The summed E-state index contributed by atoms with van der Waals surface area (Å²) in [7, 11) is 0. The molecule has 4 fully saturated rings. The van der Waals surface area contributed by atoms with Crippen molar-refractivity contribution in [3.63, 3.8) is 0 Å². The highest BCUT2D eigenvalue weighted by atomic mass is 16.1. The Hall–Kier alpha value is -8.42. The van der Waals surface area contributed by atoms with E-state index < -0.39 is 11.8 Å². The molecule has 70 heavy (non-hydrogen) atoms.